The van der Waals surface area contributed by atoms with Crippen molar-refractivity contribution in [1.29, 1.82) is 5.26 Å². The van der Waals surface area contributed by atoms with Crippen LogP contribution in [0.1, 0.15) is 39.9 Å². The van der Waals surface area contributed by atoms with E-state index in [1.807, 2.05) is 29.6 Å². The molecule has 0 aromatic heterocycles. The van der Waals surface area contributed by atoms with E-state index in [1.54, 1.807) is 18.2 Å². The molecule has 4 rings (SSSR count). The maximum Gasteiger partial charge on any atom is 0.331 e. The number of nitrogens with zero attached hydrogens (tertiary/aromatic N) is 3. The van der Waals surface area contributed by atoms with Crippen molar-refractivity contribution >= 4 is 23.8 Å². The number of rotatable bonds is 7. The average Bonchev–Trinajstić information content (AvgIpc) is 3.11. The fourth-order valence-corrected chi connectivity index (χ4v) is 4.23. The zero-order valence-electron chi connectivity index (χ0n) is 19.2. The van der Waals surface area contributed by atoms with Crippen molar-refractivity contribution in [2.75, 3.05) is 20.2 Å². The Bertz CT molecular complexity index is 1200. The molecule has 0 atom stereocenters. The molecule has 5 amide bonds. The first-order valence-corrected chi connectivity index (χ1v) is 11.2. The van der Waals surface area contributed by atoms with Crippen LogP contribution in [-0.4, -0.2) is 59.8 Å². The third kappa shape index (κ3) is 5.47. The molecule has 2 aromatic rings. The number of carbonyl (C=O) groups is 4. The summed E-state index contributed by atoms with van der Waals surface area (Å²) in [4.78, 5) is 51.3. The topological polar surface area (TPSA) is 132 Å². The van der Waals surface area contributed by atoms with Crippen LogP contribution in [0.4, 0.5) is 4.79 Å². The summed E-state index contributed by atoms with van der Waals surface area (Å²) in [6.45, 7) is 2.30. The number of nitriles is 1. The molecule has 2 aromatic carbocycles. The molecule has 0 radical (unpaired) electrons. The van der Waals surface area contributed by atoms with Crippen molar-refractivity contribution < 1.29 is 23.9 Å². The third-order valence-corrected chi connectivity index (χ3v) is 6.17. The SMILES string of the molecule is COc1ccc(CN2C(=O)NC(=O)C2=O)cc1C(=O)NC1CCN(Cc2ccc(C#N)cc2)CC1. The molecule has 10 nitrogen and oxygen atoms in total. The van der Waals surface area contributed by atoms with Crippen LogP contribution in [-0.2, 0) is 22.7 Å². The van der Waals surface area contributed by atoms with Gasteiger partial charge in [-0.25, -0.2) is 4.79 Å². The monoisotopic (exact) mass is 475 g/mol. The molecular formula is C25H25N5O5. The number of piperidine rings is 1. The number of imide groups is 2. The zero-order valence-corrected chi connectivity index (χ0v) is 19.2. The number of ether oxygens (including phenoxy) is 1. The molecular weight excluding hydrogens is 450 g/mol. The summed E-state index contributed by atoms with van der Waals surface area (Å²) >= 11 is 0. The smallest absolute Gasteiger partial charge is 0.331 e. The maximum atomic E-state index is 13.1. The molecule has 2 fully saturated rings. The Morgan fingerprint density at radius 3 is 2.37 bits per heavy atom. The van der Waals surface area contributed by atoms with E-state index in [2.05, 4.69) is 16.3 Å². The minimum Gasteiger partial charge on any atom is -0.496 e. The lowest BCUT2D eigenvalue weighted by atomic mass is 10.0. The Kier molecular flexibility index (Phi) is 7.08. The molecule has 2 heterocycles. The minimum atomic E-state index is -0.966. The highest BCUT2D eigenvalue weighted by atomic mass is 16.5. The van der Waals surface area contributed by atoms with Gasteiger partial charge in [-0.05, 0) is 48.2 Å². The van der Waals surface area contributed by atoms with Crippen molar-refractivity contribution in [3.63, 3.8) is 0 Å². The Hall–Kier alpha value is -4.23. The van der Waals surface area contributed by atoms with Gasteiger partial charge in [0.25, 0.3) is 5.91 Å². The Morgan fingerprint density at radius 2 is 1.77 bits per heavy atom. The Balaban J connectivity index is 1.35. The molecule has 0 spiro atoms. The molecule has 2 N–H and O–H groups in total. The van der Waals surface area contributed by atoms with Crippen molar-refractivity contribution in [1.82, 2.24) is 20.4 Å². The lowest BCUT2D eigenvalue weighted by Crippen LogP contribution is -2.44. The van der Waals surface area contributed by atoms with Gasteiger partial charge in [-0.15, -0.1) is 0 Å². The number of hydrogen-bond acceptors (Lipinski definition) is 7. The van der Waals surface area contributed by atoms with Crippen LogP contribution in [0.5, 0.6) is 5.75 Å². The average molecular weight is 476 g/mol. The summed E-state index contributed by atoms with van der Waals surface area (Å²) in [5, 5.41) is 13.9. The van der Waals surface area contributed by atoms with E-state index in [1.165, 1.54) is 7.11 Å². The number of benzene rings is 2. The minimum absolute atomic E-state index is 0.00311. The molecule has 2 aliphatic rings. The van der Waals surface area contributed by atoms with Gasteiger partial charge in [-0.2, -0.15) is 5.26 Å². The molecule has 0 bridgehead atoms. The molecule has 0 aliphatic carbocycles. The highest BCUT2D eigenvalue weighted by Crippen LogP contribution is 2.23. The lowest BCUT2D eigenvalue weighted by Gasteiger charge is -2.32. The summed E-state index contributed by atoms with van der Waals surface area (Å²) in [5.41, 5.74) is 2.59. The van der Waals surface area contributed by atoms with Crippen LogP contribution in [0.2, 0.25) is 0 Å². The van der Waals surface area contributed by atoms with Gasteiger partial charge in [0, 0.05) is 25.7 Å². The number of carbonyl (C=O) groups excluding carboxylic acids is 4. The van der Waals surface area contributed by atoms with E-state index in [0.29, 0.717) is 22.4 Å². The van der Waals surface area contributed by atoms with E-state index in [4.69, 9.17) is 10.00 Å². The molecule has 2 saturated heterocycles. The largest absolute Gasteiger partial charge is 0.496 e. The van der Waals surface area contributed by atoms with Crippen LogP contribution in [0.3, 0.4) is 0 Å². The van der Waals surface area contributed by atoms with Crippen LogP contribution >= 0.6 is 0 Å². The Labute approximate surface area is 202 Å². The van der Waals surface area contributed by atoms with Gasteiger partial charge in [-0.3, -0.25) is 29.5 Å². The number of methoxy groups -OCH3 is 1. The summed E-state index contributed by atoms with van der Waals surface area (Å²) in [7, 11) is 1.46. The molecule has 180 valence electrons. The highest BCUT2D eigenvalue weighted by molar-refractivity contribution is 6.44. The van der Waals surface area contributed by atoms with Gasteiger partial charge in [0.2, 0.25) is 0 Å². The second-order valence-electron chi connectivity index (χ2n) is 8.52. The Morgan fingerprint density at radius 1 is 1.09 bits per heavy atom. The first-order valence-electron chi connectivity index (χ1n) is 11.2. The quantitative estimate of drug-likeness (QED) is 0.459. The van der Waals surface area contributed by atoms with Crippen LogP contribution in [0.25, 0.3) is 0 Å². The maximum absolute atomic E-state index is 13.1. The molecule has 0 unspecified atom stereocenters. The van der Waals surface area contributed by atoms with E-state index in [0.717, 1.165) is 42.9 Å². The molecule has 10 heteroatoms. The first-order chi connectivity index (χ1) is 16.9. The fourth-order valence-electron chi connectivity index (χ4n) is 4.23. The van der Waals surface area contributed by atoms with Crippen molar-refractivity contribution in [2.45, 2.75) is 32.0 Å². The second kappa shape index (κ2) is 10.4. The predicted molar refractivity (Wildman–Crippen MR) is 124 cm³/mol. The summed E-state index contributed by atoms with van der Waals surface area (Å²) < 4.78 is 5.34. The van der Waals surface area contributed by atoms with E-state index in [-0.39, 0.29) is 18.5 Å². The molecule has 35 heavy (non-hydrogen) atoms. The van der Waals surface area contributed by atoms with Crippen LogP contribution in [0.15, 0.2) is 42.5 Å². The summed E-state index contributed by atoms with van der Waals surface area (Å²) in [5.74, 6) is -1.82. The molecule has 2 aliphatic heterocycles. The van der Waals surface area contributed by atoms with E-state index < -0.39 is 17.8 Å². The standard InChI is InChI=1S/C25H25N5O5/c1-35-21-7-6-18(15-30-24(33)23(32)28-25(30)34)12-20(21)22(31)27-19-8-10-29(11-9-19)14-17-4-2-16(13-26)3-5-17/h2-7,12,19H,8-11,14-15H2,1H3,(H,27,31)(H,28,32,34). The second-order valence-corrected chi connectivity index (χ2v) is 8.52. The van der Waals surface area contributed by atoms with Crippen LogP contribution in [0, 0.1) is 11.3 Å². The van der Waals surface area contributed by atoms with Gasteiger partial charge in [0.15, 0.2) is 0 Å². The summed E-state index contributed by atoms with van der Waals surface area (Å²) in [6, 6.07) is 13.7. The number of likely N-dealkylation sites (tertiary alicyclic amines) is 1. The van der Waals surface area contributed by atoms with Crippen molar-refractivity contribution in [3.05, 3.63) is 64.7 Å². The highest BCUT2D eigenvalue weighted by Gasteiger charge is 2.36. The van der Waals surface area contributed by atoms with Gasteiger partial charge in [0.05, 0.1) is 30.9 Å². The van der Waals surface area contributed by atoms with Gasteiger partial charge in [-0.1, -0.05) is 18.2 Å². The van der Waals surface area contributed by atoms with Crippen LogP contribution < -0.4 is 15.4 Å². The lowest BCUT2D eigenvalue weighted by molar-refractivity contribution is -0.140. The normalized spacial score (nSPS) is 16.7. The number of urea groups is 1. The number of hydrogen-bond donors (Lipinski definition) is 2. The third-order valence-electron chi connectivity index (χ3n) is 6.17. The number of nitrogens with one attached hydrogen (secondary N) is 2. The summed E-state index contributed by atoms with van der Waals surface area (Å²) in [6.07, 6.45) is 1.57. The first kappa shape index (κ1) is 23.9. The van der Waals surface area contributed by atoms with E-state index in [9.17, 15) is 19.2 Å². The van der Waals surface area contributed by atoms with Gasteiger partial charge >= 0.3 is 17.8 Å². The van der Waals surface area contributed by atoms with E-state index >= 15 is 0 Å². The van der Waals surface area contributed by atoms with Crippen molar-refractivity contribution in [3.8, 4) is 11.8 Å². The van der Waals surface area contributed by atoms with Gasteiger partial charge in [0.1, 0.15) is 5.75 Å². The number of amides is 5. The fraction of sp³-hybridized carbons (Fsp3) is 0.320. The molecule has 0 saturated carbocycles. The zero-order chi connectivity index (χ0) is 24.9. The van der Waals surface area contributed by atoms with Crippen molar-refractivity contribution in [2.24, 2.45) is 0 Å². The van der Waals surface area contributed by atoms with Gasteiger partial charge < -0.3 is 10.1 Å². The predicted octanol–water partition coefficient (Wildman–Crippen LogP) is 1.54.